The molecule has 0 aromatic heterocycles. The van der Waals surface area contributed by atoms with Crippen molar-refractivity contribution in [2.75, 3.05) is 4.90 Å². The average Bonchev–Trinajstić information content (AvgIpc) is 2.74. The van der Waals surface area contributed by atoms with Crippen LogP contribution >= 0.6 is 11.6 Å². The minimum Gasteiger partial charge on any atom is -0.384 e. The maximum absolute atomic E-state index is 13.0. The van der Waals surface area contributed by atoms with Gasteiger partial charge in [-0.3, -0.25) is 19.8 Å². The summed E-state index contributed by atoms with van der Waals surface area (Å²) in [5.41, 5.74) is 9.27. The number of carbonyl (C=O) groups is 1. The second-order valence-corrected chi connectivity index (χ2v) is 7.58. The second kappa shape index (κ2) is 7.65. The number of nitro benzene ring substituents is 1. The molecule has 0 unspecified atom stereocenters. The number of carbonyl (C=O) groups excluding carboxylic acids is 1. The first-order valence-electron chi connectivity index (χ1n) is 9.38. The molecule has 0 fully saturated rings. The Bertz CT molecular complexity index is 1140. The van der Waals surface area contributed by atoms with E-state index in [4.69, 9.17) is 17.3 Å². The van der Waals surface area contributed by atoms with Gasteiger partial charge < -0.3 is 5.73 Å². The predicted octanol–water partition coefficient (Wildman–Crippen LogP) is 4.55. The highest BCUT2D eigenvalue weighted by Crippen LogP contribution is 2.46. The number of benzene rings is 2. The summed E-state index contributed by atoms with van der Waals surface area (Å²) in [6, 6.07) is 15.1. The largest absolute Gasteiger partial charge is 0.384 e. The van der Waals surface area contributed by atoms with Crippen molar-refractivity contribution in [3.8, 4) is 6.07 Å². The van der Waals surface area contributed by atoms with Crippen molar-refractivity contribution >= 4 is 28.8 Å². The highest BCUT2D eigenvalue weighted by Gasteiger charge is 2.40. The number of halogens is 1. The molecule has 0 bridgehead atoms. The molecule has 0 amide bonds. The van der Waals surface area contributed by atoms with Crippen molar-refractivity contribution in [3.63, 3.8) is 0 Å². The summed E-state index contributed by atoms with van der Waals surface area (Å²) in [6.45, 7) is 0. The van der Waals surface area contributed by atoms with Crippen LogP contribution in [0.15, 0.2) is 71.2 Å². The number of anilines is 1. The minimum atomic E-state index is -0.651. The fraction of sp³-hybridized carbons (Fsp3) is 0.182. The number of non-ortho nitro benzene ring substituents is 1. The van der Waals surface area contributed by atoms with E-state index in [-0.39, 0.29) is 22.9 Å². The fourth-order valence-electron chi connectivity index (χ4n) is 4.09. The average molecular weight is 421 g/mol. The highest BCUT2D eigenvalue weighted by molar-refractivity contribution is 6.30. The zero-order valence-corrected chi connectivity index (χ0v) is 16.6. The third-order valence-corrected chi connectivity index (χ3v) is 5.69. The lowest BCUT2D eigenvalue weighted by molar-refractivity contribution is -0.384. The van der Waals surface area contributed by atoms with Crippen molar-refractivity contribution in [3.05, 3.63) is 91.9 Å². The maximum Gasteiger partial charge on any atom is 0.269 e. The molecule has 0 radical (unpaired) electrons. The van der Waals surface area contributed by atoms with Crippen LogP contribution in [0.4, 0.5) is 11.4 Å². The Labute approximate surface area is 177 Å². The Morgan fingerprint density at radius 3 is 2.40 bits per heavy atom. The van der Waals surface area contributed by atoms with Gasteiger partial charge >= 0.3 is 0 Å². The molecule has 2 aliphatic rings. The number of hydrogen-bond acceptors (Lipinski definition) is 6. The number of hydrogen-bond donors (Lipinski definition) is 1. The fourth-order valence-corrected chi connectivity index (χ4v) is 4.22. The molecule has 30 heavy (non-hydrogen) atoms. The van der Waals surface area contributed by atoms with Gasteiger partial charge in [0.15, 0.2) is 5.78 Å². The lowest BCUT2D eigenvalue weighted by Crippen LogP contribution is -2.38. The summed E-state index contributed by atoms with van der Waals surface area (Å²) in [6.07, 6.45) is 1.70. The van der Waals surface area contributed by atoms with Crippen LogP contribution < -0.4 is 10.6 Å². The number of allylic oxidation sites excluding steroid dienone is 3. The maximum atomic E-state index is 13.0. The standard InChI is InChI=1S/C22H17ClN4O3/c23-14-6-10-15(11-7-14)26-18-2-1-3-19(28)21(18)20(17(12-24)22(26)25)13-4-8-16(9-5-13)27(29)30/h4-11,20H,1-3,25H2/t20-/m0/s1. The third-order valence-electron chi connectivity index (χ3n) is 5.44. The Hall–Kier alpha value is -3.63. The SMILES string of the molecule is N#CC1=C(N)N(c2ccc(Cl)cc2)C2=C(C(=O)CCC2)[C@H]1c1ccc([N+](=O)[O-])cc1. The smallest absolute Gasteiger partial charge is 0.269 e. The second-order valence-electron chi connectivity index (χ2n) is 7.14. The summed E-state index contributed by atoms with van der Waals surface area (Å²) in [7, 11) is 0. The van der Waals surface area contributed by atoms with Crippen LogP contribution in [0.1, 0.15) is 30.7 Å². The molecule has 0 saturated heterocycles. The predicted molar refractivity (Wildman–Crippen MR) is 112 cm³/mol. The molecule has 8 heteroatoms. The lowest BCUT2D eigenvalue weighted by Gasteiger charge is -2.39. The summed E-state index contributed by atoms with van der Waals surface area (Å²) in [4.78, 5) is 25.3. The molecular weight excluding hydrogens is 404 g/mol. The molecule has 4 rings (SSSR count). The number of ketones is 1. The molecule has 150 valence electrons. The van der Waals surface area contributed by atoms with Gasteiger partial charge in [0.05, 0.1) is 22.5 Å². The quantitative estimate of drug-likeness (QED) is 0.575. The van der Waals surface area contributed by atoms with Crippen LogP contribution in [0.5, 0.6) is 0 Å². The van der Waals surface area contributed by atoms with Gasteiger partial charge in [-0.15, -0.1) is 0 Å². The highest BCUT2D eigenvalue weighted by atomic mass is 35.5. The Morgan fingerprint density at radius 2 is 1.80 bits per heavy atom. The van der Waals surface area contributed by atoms with Crippen LogP contribution in [0, 0.1) is 21.4 Å². The van der Waals surface area contributed by atoms with E-state index in [1.165, 1.54) is 12.1 Å². The van der Waals surface area contributed by atoms with E-state index in [0.29, 0.717) is 41.1 Å². The monoisotopic (exact) mass is 420 g/mol. The summed E-state index contributed by atoms with van der Waals surface area (Å²) in [5, 5.41) is 21.5. The van der Waals surface area contributed by atoms with Crippen LogP contribution in [0.3, 0.4) is 0 Å². The van der Waals surface area contributed by atoms with E-state index in [2.05, 4.69) is 6.07 Å². The van der Waals surface area contributed by atoms with Crippen LogP contribution in [0.25, 0.3) is 0 Å². The lowest BCUT2D eigenvalue weighted by atomic mass is 9.75. The van der Waals surface area contributed by atoms with Gasteiger partial charge in [-0.25, -0.2) is 0 Å². The first kappa shape index (κ1) is 19.7. The third kappa shape index (κ3) is 3.21. The molecule has 1 aliphatic carbocycles. The molecule has 1 atom stereocenters. The summed E-state index contributed by atoms with van der Waals surface area (Å²) >= 11 is 6.01. The van der Waals surface area contributed by atoms with Crippen molar-refractivity contribution in [1.82, 2.24) is 0 Å². The van der Waals surface area contributed by atoms with E-state index < -0.39 is 10.8 Å². The normalized spacial score (nSPS) is 18.9. The van der Waals surface area contributed by atoms with Gasteiger partial charge in [-0.2, -0.15) is 5.26 Å². The molecule has 1 heterocycles. The Morgan fingerprint density at radius 1 is 1.13 bits per heavy atom. The number of nitrogens with two attached hydrogens (primary N) is 1. The van der Waals surface area contributed by atoms with Crippen molar-refractivity contribution in [1.29, 1.82) is 5.26 Å². The number of nitrogens with zero attached hydrogens (tertiary/aromatic N) is 3. The molecule has 0 saturated carbocycles. The molecule has 2 aromatic carbocycles. The number of Topliss-reactive ketones (excluding diaryl/α,β-unsaturated/α-hetero) is 1. The summed E-state index contributed by atoms with van der Waals surface area (Å²) < 4.78 is 0. The van der Waals surface area contributed by atoms with Gasteiger partial charge in [-0.1, -0.05) is 23.7 Å². The molecule has 0 spiro atoms. The zero-order chi connectivity index (χ0) is 21.4. The van der Waals surface area contributed by atoms with E-state index in [1.54, 1.807) is 41.3 Å². The molecule has 2 N–H and O–H groups in total. The molecule has 2 aromatic rings. The molecule has 1 aliphatic heterocycles. The van der Waals surface area contributed by atoms with E-state index in [9.17, 15) is 20.2 Å². The summed E-state index contributed by atoms with van der Waals surface area (Å²) in [5.74, 6) is -0.447. The number of nitro groups is 1. The van der Waals surface area contributed by atoms with Crippen LogP contribution in [-0.4, -0.2) is 10.7 Å². The van der Waals surface area contributed by atoms with Crippen LogP contribution in [-0.2, 0) is 4.79 Å². The van der Waals surface area contributed by atoms with E-state index in [0.717, 1.165) is 5.70 Å². The van der Waals surface area contributed by atoms with Gasteiger partial charge in [0.1, 0.15) is 5.82 Å². The zero-order valence-electron chi connectivity index (χ0n) is 15.8. The van der Waals surface area contributed by atoms with Gasteiger partial charge in [0.2, 0.25) is 0 Å². The van der Waals surface area contributed by atoms with E-state index in [1.807, 2.05) is 0 Å². The topological polar surface area (TPSA) is 113 Å². The van der Waals surface area contributed by atoms with Crippen LogP contribution in [0.2, 0.25) is 5.02 Å². The number of rotatable bonds is 3. The van der Waals surface area contributed by atoms with Gasteiger partial charge in [0, 0.05) is 40.5 Å². The minimum absolute atomic E-state index is 0.0428. The van der Waals surface area contributed by atoms with Crippen molar-refractivity contribution < 1.29 is 9.72 Å². The van der Waals surface area contributed by atoms with E-state index >= 15 is 0 Å². The van der Waals surface area contributed by atoms with Crippen molar-refractivity contribution in [2.24, 2.45) is 5.73 Å². The first-order valence-corrected chi connectivity index (χ1v) is 9.76. The molecular formula is C22H17ClN4O3. The first-order chi connectivity index (χ1) is 14.4. The van der Waals surface area contributed by atoms with Gasteiger partial charge in [0.25, 0.3) is 5.69 Å². The Balaban J connectivity index is 1.92. The van der Waals surface area contributed by atoms with Crippen molar-refractivity contribution in [2.45, 2.75) is 25.2 Å². The Kier molecular flexibility index (Phi) is 5.02. The molecule has 7 nitrogen and oxygen atoms in total. The number of nitriles is 1. The van der Waals surface area contributed by atoms with Gasteiger partial charge in [-0.05, 0) is 42.7 Å².